The fraction of sp³-hybridized carbons (Fsp3) is 1.00. The summed E-state index contributed by atoms with van der Waals surface area (Å²) in [7, 11) is 0. The number of rotatable bonds is 1. The van der Waals surface area contributed by atoms with Gasteiger partial charge < -0.3 is 4.84 Å². The van der Waals surface area contributed by atoms with Gasteiger partial charge in [-0.25, -0.2) is 9.01 Å². The average molecular weight is 242 g/mol. The summed E-state index contributed by atoms with van der Waals surface area (Å²) in [5, 5.41) is 0. The molecular formula is C5H11IN2O. The third kappa shape index (κ3) is 2.37. The Kier molecular flexibility index (Phi) is 3.17. The van der Waals surface area contributed by atoms with Crippen LogP contribution in [0.4, 0.5) is 0 Å². The Morgan fingerprint density at radius 2 is 2.00 bits per heavy atom. The Bertz CT molecular complexity index is 83.0. The molecule has 54 valence electrons. The first-order valence-electron chi connectivity index (χ1n) is 3.09. The molecule has 0 atom stereocenters. The van der Waals surface area contributed by atoms with Crippen molar-refractivity contribution in [1.82, 2.24) is 3.11 Å². The maximum absolute atomic E-state index is 5.03. The van der Waals surface area contributed by atoms with Gasteiger partial charge in [-0.2, -0.15) is 0 Å². The lowest BCUT2D eigenvalue weighted by molar-refractivity contribution is 0.0240. The first-order valence-corrected chi connectivity index (χ1v) is 4.05. The molecule has 0 spiro atoms. The number of halogens is 1. The van der Waals surface area contributed by atoms with E-state index in [1.54, 1.807) is 0 Å². The predicted octanol–water partition coefficient (Wildman–Crippen LogP) is 0.691. The van der Waals surface area contributed by atoms with Gasteiger partial charge in [0.25, 0.3) is 0 Å². The first kappa shape index (κ1) is 7.71. The molecule has 1 aliphatic rings. The molecule has 1 rings (SSSR count). The highest BCUT2D eigenvalue weighted by Gasteiger charge is 2.16. The van der Waals surface area contributed by atoms with Gasteiger partial charge in [0.15, 0.2) is 0 Å². The van der Waals surface area contributed by atoms with Gasteiger partial charge in [0, 0.05) is 36.0 Å². The Morgan fingerprint density at radius 3 is 2.44 bits per heavy atom. The number of nitrogens with two attached hydrogens (primary N) is 1. The molecule has 0 aromatic rings. The largest absolute Gasteiger partial charge is 0.301 e. The molecule has 1 aliphatic heterocycles. The molecule has 0 radical (unpaired) electrons. The molecule has 4 heteroatoms. The summed E-state index contributed by atoms with van der Waals surface area (Å²) in [5.41, 5.74) is 0. The summed E-state index contributed by atoms with van der Waals surface area (Å²) < 4.78 is 2.26. The monoisotopic (exact) mass is 242 g/mol. The van der Waals surface area contributed by atoms with E-state index in [0.29, 0.717) is 6.10 Å². The number of hydrogen-bond donors (Lipinski definition) is 1. The van der Waals surface area contributed by atoms with Crippen molar-refractivity contribution < 1.29 is 4.84 Å². The van der Waals surface area contributed by atoms with Crippen LogP contribution in [0.15, 0.2) is 0 Å². The van der Waals surface area contributed by atoms with E-state index < -0.39 is 0 Å². The fourth-order valence-corrected chi connectivity index (χ4v) is 1.52. The lowest BCUT2D eigenvalue weighted by Crippen LogP contribution is -2.32. The van der Waals surface area contributed by atoms with E-state index in [4.69, 9.17) is 10.7 Å². The minimum Gasteiger partial charge on any atom is -0.301 e. The smallest absolute Gasteiger partial charge is 0.0812 e. The van der Waals surface area contributed by atoms with Crippen molar-refractivity contribution in [3.05, 3.63) is 0 Å². The van der Waals surface area contributed by atoms with Crippen LogP contribution in [0.1, 0.15) is 12.8 Å². The highest BCUT2D eigenvalue weighted by molar-refractivity contribution is 14.1. The van der Waals surface area contributed by atoms with Gasteiger partial charge in [0.1, 0.15) is 0 Å². The topological polar surface area (TPSA) is 38.5 Å². The average Bonchev–Trinajstić information content (AvgIpc) is 1.90. The van der Waals surface area contributed by atoms with Crippen molar-refractivity contribution in [3.8, 4) is 0 Å². The van der Waals surface area contributed by atoms with Gasteiger partial charge in [-0.1, -0.05) is 0 Å². The van der Waals surface area contributed by atoms with Gasteiger partial charge in [-0.05, 0) is 12.8 Å². The molecule has 2 N–H and O–H groups in total. The summed E-state index contributed by atoms with van der Waals surface area (Å²) in [6.45, 7) is 2.20. The highest BCUT2D eigenvalue weighted by atomic mass is 127. The SMILES string of the molecule is NOC1CCN(I)CC1. The molecule has 0 bridgehead atoms. The molecule has 0 unspecified atom stereocenters. The molecule has 0 saturated carbocycles. The highest BCUT2D eigenvalue weighted by Crippen LogP contribution is 2.14. The number of nitrogens with zero attached hydrogens (tertiary/aromatic N) is 1. The summed E-state index contributed by atoms with van der Waals surface area (Å²) in [5.74, 6) is 5.03. The molecule has 9 heavy (non-hydrogen) atoms. The van der Waals surface area contributed by atoms with E-state index in [1.807, 2.05) is 0 Å². The van der Waals surface area contributed by atoms with Gasteiger partial charge in [-0.3, -0.25) is 0 Å². The fourth-order valence-electron chi connectivity index (χ4n) is 0.960. The second kappa shape index (κ2) is 3.70. The predicted molar refractivity (Wildman–Crippen MR) is 43.9 cm³/mol. The Morgan fingerprint density at radius 1 is 1.44 bits per heavy atom. The summed E-state index contributed by atoms with van der Waals surface area (Å²) in [4.78, 5) is 4.71. The lowest BCUT2D eigenvalue weighted by atomic mass is 10.1. The van der Waals surface area contributed by atoms with Gasteiger partial charge in [0.2, 0.25) is 0 Å². The maximum Gasteiger partial charge on any atom is 0.0812 e. The normalized spacial score (nSPS) is 24.7. The Labute approximate surface area is 69.0 Å². The molecule has 3 nitrogen and oxygen atoms in total. The van der Waals surface area contributed by atoms with Crippen LogP contribution in [0.3, 0.4) is 0 Å². The van der Waals surface area contributed by atoms with E-state index in [9.17, 15) is 0 Å². The van der Waals surface area contributed by atoms with Gasteiger partial charge in [-0.15, -0.1) is 0 Å². The van der Waals surface area contributed by atoms with Crippen molar-refractivity contribution in [2.45, 2.75) is 18.9 Å². The molecule has 0 aromatic heterocycles. The van der Waals surface area contributed by atoms with Crippen LogP contribution in [-0.4, -0.2) is 22.3 Å². The number of piperidine rings is 1. The summed E-state index contributed by atoms with van der Waals surface area (Å²) in [6, 6.07) is 0. The van der Waals surface area contributed by atoms with E-state index in [2.05, 4.69) is 26.0 Å². The molecule has 1 saturated heterocycles. The molecule has 1 fully saturated rings. The van der Waals surface area contributed by atoms with Crippen LogP contribution < -0.4 is 5.90 Å². The maximum atomic E-state index is 5.03. The van der Waals surface area contributed by atoms with Gasteiger partial charge >= 0.3 is 0 Å². The van der Waals surface area contributed by atoms with Crippen LogP contribution >= 0.6 is 22.9 Å². The van der Waals surface area contributed by atoms with Crippen LogP contribution in [0.5, 0.6) is 0 Å². The summed E-state index contributed by atoms with van der Waals surface area (Å²) in [6.07, 6.45) is 2.44. The van der Waals surface area contributed by atoms with Crippen molar-refractivity contribution in [2.24, 2.45) is 5.90 Å². The first-order chi connectivity index (χ1) is 4.33. The minimum absolute atomic E-state index is 0.302. The van der Waals surface area contributed by atoms with Crippen molar-refractivity contribution in [2.75, 3.05) is 13.1 Å². The second-order valence-corrected chi connectivity index (χ2v) is 3.61. The summed E-state index contributed by atoms with van der Waals surface area (Å²) >= 11 is 2.32. The second-order valence-electron chi connectivity index (χ2n) is 2.25. The van der Waals surface area contributed by atoms with E-state index >= 15 is 0 Å². The lowest BCUT2D eigenvalue weighted by Gasteiger charge is -2.25. The molecule has 0 aromatic carbocycles. The van der Waals surface area contributed by atoms with Crippen LogP contribution in [0.2, 0.25) is 0 Å². The van der Waals surface area contributed by atoms with E-state index in [0.717, 1.165) is 25.9 Å². The zero-order valence-electron chi connectivity index (χ0n) is 5.22. The third-order valence-electron chi connectivity index (χ3n) is 1.58. The zero-order valence-corrected chi connectivity index (χ0v) is 7.37. The van der Waals surface area contributed by atoms with Crippen LogP contribution in [0, 0.1) is 0 Å². The van der Waals surface area contributed by atoms with Gasteiger partial charge in [0.05, 0.1) is 6.10 Å². The van der Waals surface area contributed by atoms with E-state index in [1.165, 1.54) is 0 Å². The van der Waals surface area contributed by atoms with E-state index in [-0.39, 0.29) is 0 Å². The standard InChI is InChI=1S/C5H11IN2O/c6-8-3-1-5(9-7)2-4-8/h5H,1-4,7H2. The van der Waals surface area contributed by atoms with Crippen molar-refractivity contribution in [1.29, 1.82) is 0 Å². The quantitative estimate of drug-likeness (QED) is 0.417. The Hall–Kier alpha value is 0.610. The molecule has 0 amide bonds. The van der Waals surface area contributed by atoms with Crippen LogP contribution in [-0.2, 0) is 4.84 Å². The third-order valence-corrected chi connectivity index (χ3v) is 2.54. The molecule has 1 heterocycles. The van der Waals surface area contributed by atoms with Crippen molar-refractivity contribution >= 4 is 22.9 Å². The van der Waals surface area contributed by atoms with Crippen molar-refractivity contribution in [3.63, 3.8) is 0 Å². The number of hydrogen-bond acceptors (Lipinski definition) is 3. The molecular weight excluding hydrogens is 231 g/mol. The zero-order chi connectivity index (χ0) is 6.69. The minimum atomic E-state index is 0.302. The van der Waals surface area contributed by atoms with Crippen LogP contribution in [0.25, 0.3) is 0 Å². The Balaban J connectivity index is 2.18. The molecule has 0 aliphatic carbocycles.